The maximum absolute atomic E-state index is 13.5. The summed E-state index contributed by atoms with van der Waals surface area (Å²) in [5.41, 5.74) is 1.19. The van der Waals surface area contributed by atoms with E-state index in [1.807, 2.05) is 6.92 Å². The Morgan fingerprint density at radius 1 is 1.03 bits per heavy atom. The Morgan fingerprint density at radius 3 is 2.58 bits per heavy atom. The van der Waals surface area contributed by atoms with E-state index in [4.69, 9.17) is 9.47 Å². The van der Waals surface area contributed by atoms with Gasteiger partial charge in [-0.05, 0) is 75.8 Å². The van der Waals surface area contributed by atoms with Crippen molar-refractivity contribution in [1.82, 2.24) is 4.90 Å². The predicted molar refractivity (Wildman–Crippen MR) is 121 cm³/mol. The number of nitrogens with one attached hydrogen (secondary N) is 1. The van der Waals surface area contributed by atoms with Gasteiger partial charge in [0.2, 0.25) is 0 Å². The van der Waals surface area contributed by atoms with E-state index in [0.29, 0.717) is 35.6 Å². The lowest BCUT2D eigenvalue weighted by molar-refractivity contribution is 0.0387. The van der Waals surface area contributed by atoms with Crippen molar-refractivity contribution in [1.29, 1.82) is 0 Å². The van der Waals surface area contributed by atoms with Gasteiger partial charge in [-0.1, -0.05) is 19.8 Å². The molecule has 3 fully saturated rings. The van der Waals surface area contributed by atoms with E-state index in [2.05, 4.69) is 10.2 Å². The normalized spacial score (nSPS) is 23.8. The van der Waals surface area contributed by atoms with Crippen molar-refractivity contribution in [3.8, 4) is 5.75 Å². The molecule has 0 unspecified atom stereocenters. The molecule has 3 aliphatic rings. The predicted octanol–water partition coefficient (Wildman–Crippen LogP) is 5.76. The van der Waals surface area contributed by atoms with Crippen LogP contribution < -0.4 is 10.1 Å². The first kappa shape index (κ1) is 22.0. The molecule has 1 aromatic rings. The number of nitrogens with zero attached hydrogens (tertiary/aromatic N) is 1. The minimum absolute atomic E-state index is 0.0132. The van der Waals surface area contributed by atoms with E-state index in [0.717, 1.165) is 51.5 Å². The molecule has 2 amide bonds. The lowest BCUT2D eigenvalue weighted by Crippen LogP contribution is -2.49. The zero-order valence-corrected chi connectivity index (χ0v) is 18.7. The molecule has 1 N–H and O–H groups in total. The monoisotopic (exact) mass is 428 g/mol. The van der Waals surface area contributed by atoms with Gasteiger partial charge in [-0.3, -0.25) is 10.1 Å². The Bertz CT molecular complexity index is 773. The summed E-state index contributed by atoms with van der Waals surface area (Å²) in [6.45, 7) is 3.39. The minimum atomic E-state index is -0.437. The number of rotatable bonds is 6. The molecule has 4 rings (SSSR count). The second kappa shape index (κ2) is 10.4. The van der Waals surface area contributed by atoms with E-state index < -0.39 is 6.09 Å². The van der Waals surface area contributed by atoms with E-state index in [1.165, 1.54) is 25.7 Å². The summed E-state index contributed by atoms with van der Waals surface area (Å²) in [6, 6.07) is 5.70. The number of hydrogen-bond donors (Lipinski definition) is 1. The van der Waals surface area contributed by atoms with Gasteiger partial charge in [0.1, 0.15) is 11.9 Å². The number of benzene rings is 1. The first-order valence-electron chi connectivity index (χ1n) is 12.2. The van der Waals surface area contributed by atoms with E-state index >= 15 is 0 Å². The summed E-state index contributed by atoms with van der Waals surface area (Å²) < 4.78 is 11.5. The fourth-order valence-corrected chi connectivity index (χ4v) is 5.44. The quantitative estimate of drug-likeness (QED) is 0.625. The Morgan fingerprint density at radius 2 is 1.77 bits per heavy atom. The van der Waals surface area contributed by atoms with Gasteiger partial charge >= 0.3 is 6.09 Å². The lowest BCUT2D eigenvalue weighted by Gasteiger charge is -2.44. The van der Waals surface area contributed by atoms with Crippen LogP contribution in [0.15, 0.2) is 18.2 Å². The number of ether oxygens (including phenoxy) is 2. The molecule has 1 aromatic carbocycles. The smallest absolute Gasteiger partial charge is 0.411 e. The molecule has 1 saturated heterocycles. The summed E-state index contributed by atoms with van der Waals surface area (Å²) in [7, 11) is 0. The first-order valence-corrected chi connectivity index (χ1v) is 12.2. The summed E-state index contributed by atoms with van der Waals surface area (Å²) in [4.78, 5) is 27.9. The molecule has 1 heterocycles. The van der Waals surface area contributed by atoms with Crippen LogP contribution in [0, 0.1) is 5.92 Å². The van der Waals surface area contributed by atoms with Crippen LogP contribution in [0.4, 0.5) is 10.5 Å². The van der Waals surface area contributed by atoms with Crippen LogP contribution >= 0.6 is 0 Å². The second-order valence-corrected chi connectivity index (χ2v) is 9.25. The van der Waals surface area contributed by atoms with Gasteiger partial charge in [0, 0.05) is 24.3 Å². The van der Waals surface area contributed by atoms with Crippen LogP contribution in [-0.2, 0) is 4.74 Å². The van der Waals surface area contributed by atoms with E-state index in [9.17, 15) is 9.59 Å². The standard InChI is InChI=1S/C25H36N2O4/c1-2-16-30-23-17-19(26-25(29)31-20-10-4-5-11-20)13-14-21(23)24(28)27-15-7-9-18-8-3-6-12-22(18)27/h13-14,17-18,20,22H,2-12,15-16H2,1H3,(H,26,29)/t18-,22-/m1/s1. The van der Waals surface area contributed by atoms with Crippen LogP contribution in [0.2, 0.25) is 0 Å². The molecule has 0 radical (unpaired) electrons. The van der Waals surface area contributed by atoms with Gasteiger partial charge in [-0.2, -0.15) is 0 Å². The zero-order valence-electron chi connectivity index (χ0n) is 18.7. The van der Waals surface area contributed by atoms with Crippen molar-refractivity contribution < 1.29 is 19.1 Å². The molecular formula is C25H36N2O4. The molecule has 170 valence electrons. The Balaban J connectivity index is 1.49. The van der Waals surface area contributed by atoms with Gasteiger partial charge in [0.15, 0.2) is 0 Å². The number of carbonyl (C=O) groups is 2. The molecule has 0 bridgehead atoms. The third kappa shape index (κ3) is 5.34. The summed E-state index contributed by atoms with van der Waals surface area (Å²) >= 11 is 0. The molecular weight excluding hydrogens is 392 g/mol. The molecule has 0 aromatic heterocycles. The zero-order chi connectivity index (χ0) is 21.6. The molecule has 31 heavy (non-hydrogen) atoms. The van der Waals surface area contributed by atoms with Gasteiger partial charge in [-0.15, -0.1) is 0 Å². The van der Waals surface area contributed by atoms with Crippen LogP contribution in [-0.4, -0.2) is 42.2 Å². The van der Waals surface area contributed by atoms with Gasteiger partial charge in [0.25, 0.3) is 5.91 Å². The summed E-state index contributed by atoms with van der Waals surface area (Å²) in [5.74, 6) is 1.24. The van der Waals surface area contributed by atoms with Crippen LogP contribution in [0.3, 0.4) is 0 Å². The molecule has 2 saturated carbocycles. The topological polar surface area (TPSA) is 67.9 Å². The van der Waals surface area contributed by atoms with Gasteiger partial charge in [0.05, 0.1) is 12.2 Å². The molecule has 2 atom stereocenters. The number of amides is 2. The number of likely N-dealkylation sites (tertiary alicyclic amines) is 1. The highest BCUT2D eigenvalue weighted by atomic mass is 16.6. The average Bonchev–Trinajstić information content (AvgIpc) is 3.29. The van der Waals surface area contributed by atoms with E-state index in [-0.39, 0.29) is 12.0 Å². The van der Waals surface area contributed by atoms with E-state index in [1.54, 1.807) is 18.2 Å². The van der Waals surface area contributed by atoms with Crippen LogP contribution in [0.25, 0.3) is 0 Å². The Labute approximate surface area is 185 Å². The van der Waals surface area contributed by atoms with Crippen molar-refractivity contribution in [2.45, 2.75) is 89.7 Å². The third-order valence-electron chi connectivity index (χ3n) is 7.00. The molecule has 0 spiro atoms. The molecule has 2 aliphatic carbocycles. The van der Waals surface area contributed by atoms with Crippen LogP contribution in [0.5, 0.6) is 5.75 Å². The second-order valence-electron chi connectivity index (χ2n) is 9.25. The fourth-order valence-electron chi connectivity index (χ4n) is 5.44. The lowest BCUT2D eigenvalue weighted by atomic mass is 9.78. The Kier molecular flexibility index (Phi) is 7.36. The van der Waals surface area contributed by atoms with Crippen molar-refractivity contribution in [2.24, 2.45) is 5.92 Å². The first-order chi connectivity index (χ1) is 15.2. The average molecular weight is 429 g/mol. The molecule has 6 nitrogen and oxygen atoms in total. The Hall–Kier alpha value is -2.24. The summed E-state index contributed by atoms with van der Waals surface area (Å²) in [6.07, 6.45) is 11.7. The van der Waals surface area contributed by atoms with Crippen molar-refractivity contribution in [3.05, 3.63) is 23.8 Å². The molecule has 6 heteroatoms. The van der Waals surface area contributed by atoms with Gasteiger partial charge < -0.3 is 14.4 Å². The molecule has 1 aliphatic heterocycles. The number of piperidine rings is 1. The van der Waals surface area contributed by atoms with Crippen LogP contribution in [0.1, 0.15) is 87.9 Å². The number of carbonyl (C=O) groups excluding carboxylic acids is 2. The number of fused-ring (bicyclic) bond motifs is 1. The number of anilines is 1. The number of hydrogen-bond acceptors (Lipinski definition) is 4. The highest BCUT2D eigenvalue weighted by Crippen LogP contribution is 2.37. The van der Waals surface area contributed by atoms with Gasteiger partial charge in [-0.25, -0.2) is 4.79 Å². The third-order valence-corrected chi connectivity index (χ3v) is 7.00. The highest BCUT2D eigenvalue weighted by molar-refractivity contribution is 5.98. The van der Waals surface area contributed by atoms with Crippen molar-refractivity contribution >= 4 is 17.7 Å². The highest BCUT2D eigenvalue weighted by Gasteiger charge is 2.36. The maximum Gasteiger partial charge on any atom is 0.411 e. The minimum Gasteiger partial charge on any atom is -0.493 e. The summed E-state index contributed by atoms with van der Waals surface area (Å²) in [5, 5.41) is 2.81. The maximum atomic E-state index is 13.5. The van der Waals surface area contributed by atoms with Crippen molar-refractivity contribution in [2.75, 3.05) is 18.5 Å². The largest absolute Gasteiger partial charge is 0.493 e. The van der Waals surface area contributed by atoms with Crippen molar-refractivity contribution in [3.63, 3.8) is 0 Å². The SMILES string of the molecule is CCCOc1cc(NC(=O)OC2CCCC2)ccc1C(=O)N1CCC[C@H]2CCCC[C@H]21. The fraction of sp³-hybridized carbons (Fsp3) is 0.680.